The molecule has 274 valence electrons. The summed E-state index contributed by atoms with van der Waals surface area (Å²) < 4.78 is 1.38. The van der Waals surface area contributed by atoms with Gasteiger partial charge in [-0.1, -0.05) is 89.3 Å². The lowest BCUT2D eigenvalue weighted by molar-refractivity contribution is -0.384. The average molecular weight is 729 g/mol. The van der Waals surface area contributed by atoms with Gasteiger partial charge >= 0.3 is 0 Å². The predicted molar refractivity (Wildman–Crippen MR) is 203 cm³/mol. The molecule has 2 aliphatic rings. The second-order valence-corrected chi connectivity index (χ2v) is 16.6. The first-order valence-electron chi connectivity index (χ1n) is 17.9. The number of nitrogens with zero attached hydrogens (tertiary/aromatic N) is 5. The Balaban J connectivity index is 1.37. The number of nitro benzene ring substituents is 1. The van der Waals surface area contributed by atoms with Crippen molar-refractivity contribution in [2.45, 2.75) is 132 Å². The van der Waals surface area contributed by atoms with Gasteiger partial charge in [0.2, 0.25) is 0 Å². The normalized spacial score (nSPS) is 26.1. The first-order valence-corrected chi connectivity index (χ1v) is 18.6. The maximum absolute atomic E-state index is 11.7. The molecule has 0 radical (unpaired) electrons. The van der Waals surface area contributed by atoms with Crippen LogP contribution in [0.5, 0.6) is 0 Å². The van der Waals surface area contributed by atoms with E-state index in [2.05, 4.69) is 82.2 Å². The first kappa shape index (κ1) is 39.8. The Morgan fingerprint density at radius 3 is 2.28 bits per heavy atom. The highest BCUT2D eigenvalue weighted by Crippen LogP contribution is 2.62. The van der Waals surface area contributed by atoms with Gasteiger partial charge < -0.3 is 9.94 Å². The number of allylic oxidation sites excluding steroid dienone is 6. The summed E-state index contributed by atoms with van der Waals surface area (Å²) in [7, 11) is 0. The Morgan fingerprint density at radius 2 is 1.66 bits per heavy atom. The van der Waals surface area contributed by atoms with Crippen LogP contribution in [0.4, 0.5) is 5.69 Å². The lowest BCUT2D eigenvalue weighted by atomic mass is 9.44. The maximum atomic E-state index is 11.7. The zero-order valence-corrected chi connectivity index (χ0v) is 32.6. The van der Waals surface area contributed by atoms with Gasteiger partial charge in [0.1, 0.15) is 11.4 Å². The van der Waals surface area contributed by atoms with E-state index in [0.29, 0.717) is 17.3 Å². The fourth-order valence-corrected chi connectivity index (χ4v) is 9.15. The highest BCUT2D eigenvalue weighted by molar-refractivity contribution is 6.38. The molecular formula is C39H55Cl2N5O4. The minimum atomic E-state index is -0.708. The number of hydrogen-bond donors (Lipinski definition) is 1. The molecule has 2 saturated carbocycles. The van der Waals surface area contributed by atoms with Gasteiger partial charge in [0, 0.05) is 17.5 Å². The molecule has 0 saturated heterocycles. The van der Waals surface area contributed by atoms with Gasteiger partial charge in [0.25, 0.3) is 5.69 Å². The molecule has 11 heteroatoms. The number of hydrogen-bond acceptors (Lipinski definition) is 7. The van der Waals surface area contributed by atoms with Crippen LogP contribution >= 0.6 is 23.2 Å². The van der Waals surface area contributed by atoms with Gasteiger partial charge in [-0.15, -0.1) is 5.10 Å². The van der Waals surface area contributed by atoms with E-state index in [9.17, 15) is 15.2 Å². The third kappa shape index (κ3) is 9.45. The number of fused-ring (bicyclic) bond motifs is 1. The summed E-state index contributed by atoms with van der Waals surface area (Å²) >= 11 is 12.6. The van der Waals surface area contributed by atoms with E-state index in [0.717, 1.165) is 69.9 Å². The Labute approximate surface area is 308 Å². The Kier molecular flexibility index (Phi) is 13.2. The van der Waals surface area contributed by atoms with Crippen LogP contribution in [0.15, 0.2) is 58.4 Å². The fraction of sp³-hybridized carbons (Fsp3) is 0.615. The Hall–Kier alpha value is -3.01. The predicted octanol–water partition coefficient (Wildman–Crippen LogP) is 11.2. The van der Waals surface area contributed by atoms with Crippen molar-refractivity contribution < 1.29 is 14.9 Å². The minimum Gasteiger partial charge on any atom is -0.390 e. The van der Waals surface area contributed by atoms with E-state index in [1.165, 1.54) is 33.5 Å². The molecule has 0 aliphatic heterocycles. The van der Waals surface area contributed by atoms with Crippen molar-refractivity contribution in [3.05, 3.63) is 79.1 Å². The topological polar surface area (TPSA) is 116 Å². The van der Waals surface area contributed by atoms with Crippen LogP contribution in [0.1, 0.15) is 125 Å². The highest BCUT2D eigenvalue weighted by Gasteiger charge is 2.59. The van der Waals surface area contributed by atoms with Crippen LogP contribution in [0.25, 0.3) is 5.69 Å². The maximum Gasteiger partial charge on any atom is 0.272 e. The van der Waals surface area contributed by atoms with Crippen LogP contribution in [-0.4, -0.2) is 36.3 Å². The van der Waals surface area contributed by atoms with Crippen molar-refractivity contribution in [2.75, 3.05) is 0 Å². The Bertz CT molecular complexity index is 1630. The Morgan fingerprint density at radius 1 is 1.04 bits per heavy atom. The molecule has 2 aliphatic carbocycles. The van der Waals surface area contributed by atoms with Crippen molar-refractivity contribution >= 4 is 34.6 Å². The molecule has 0 spiro atoms. The third-order valence-corrected chi connectivity index (χ3v) is 11.8. The third-order valence-electron chi connectivity index (χ3n) is 11.2. The molecule has 4 rings (SSSR count). The van der Waals surface area contributed by atoms with Crippen molar-refractivity contribution in [3.8, 4) is 5.69 Å². The van der Waals surface area contributed by atoms with Gasteiger partial charge in [-0.2, -0.15) is 0 Å². The van der Waals surface area contributed by atoms with Crippen LogP contribution < -0.4 is 0 Å². The van der Waals surface area contributed by atoms with Gasteiger partial charge in [-0.25, -0.2) is 4.68 Å². The summed E-state index contributed by atoms with van der Waals surface area (Å²) in [4.78, 5) is 16.4. The number of aliphatic hydroxyl groups is 1. The number of non-ortho nitro benzene ring substituents is 1. The standard InChI is InChI=1S/C39H55Cl2N5O4/c1-26(2)12-9-13-27(3)14-10-15-28(4)16-11-17-34-38(7)20-19-35(37(5,6)33(38)18-21-39(34,8)47)43-50-25-29-24-45(44-42-29)36-31(40)22-30(46(48)49)23-32(36)41/h12,14,16,22-24,33-34,47H,9-11,13,15,17-21,25H2,1-8H3/b27-14+,28-16+,43-35+/t33-,34+,38-,39+/m0/s1. The molecule has 1 aromatic heterocycles. The summed E-state index contributed by atoms with van der Waals surface area (Å²) in [6.07, 6.45) is 18.5. The molecule has 9 nitrogen and oxygen atoms in total. The number of oxime groups is 1. The van der Waals surface area contributed by atoms with Gasteiger partial charge in [-0.3, -0.25) is 10.1 Å². The summed E-state index contributed by atoms with van der Waals surface area (Å²) in [6.45, 7) is 17.8. The number of rotatable bonds is 14. The van der Waals surface area contributed by atoms with Gasteiger partial charge in [-0.05, 0) is 116 Å². The van der Waals surface area contributed by atoms with E-state index in [4.69, 9.17) is 28.0 Å². The molecule has 2 fully saturated rings. The zero-order chi connectivity index (χ0) is 36.9. The summed E-state index contributed by atoms with van der Waals surface area (Å²) in [5, 5.41) is 36.0. The smallest absolute Gasteiger partial charge is 0.272 e. The zero-order valence-electron chi connectivity index (χ0n) is 31.1. The highest BCUT2D eigenvalue weighted by atomic mass is 35.5. The van der Waals surface area contributed by atoms with Gasteiger partial charge in [0.05, 0.1) is 32.5 Å². The van der Waals surface area contributed by atoms with Crippen molar-refractivity contribution in [1.82, 2.24) is 15.0 Å². The molecule has 1 N–H and O–H groups in total. The lowest BCUT2D eigenvalue weighted by Crippen LogP contribution is -2.59. The van der Waals surface area contributed by atoms with E-state index in [-0.39, 0.29) is 39.1 Å². The molecule has 2 aromatic rings. The minimum absolute atomic E-state index is 0.0247. The first-order chi connectivity index (χ1) is 23.5. The average Bonchev–Trinajstić information content (AvgIpc) is 3.47. The fourth-order valence-electron chi connectivity index (χ4n) is 8.50. The number of nitro groups is 1. The van der Waals surface area contributed by atoms with Crippen molar-refractivity contribution in [2.24, 2.45) is 27.8 Å². The molecule has 0 unspecified atom stereocenters. The van der Waals surface area contributed by atoms with Crippen LogP contribution in [0.2, 0.25) is 10.0 Å². The summed E-state index contributed by atoms with van der Waals surface area (Å²) in [6, 6.07) is 2.46. The molecule has 0 amide bonds. The van der Waals surface area contributed by atoms with Crippen molar-refractivity contribution in [3.63, 3.8) is 0 Å². The monoisotopic (exact) mass is 727 g/mol. The van der Waals surface area contributed by atoms with E-state index in [1.54, 1.807) is 6.20 Å². The number of aromatic nitrogens is 3. The largest absolute Gasteiger partial charge is 0.390 e. The molecule has 4 atom stereocenters. The van der Waals surface area contributed by atoms with E-state index in [1.807, 2.05) is 6.92 Å². The molecular weight excluding hydrogens is 673 g/mol. The number of halogens is 2. The molecule has 50 heavy (non-hydrogen) atoms. The summed E-state index contributed by atoms with van der Waals surface area (Å²) in [5.41, 5.74) is 4.96. The van der Waals surface area contributed by atoms with Gasteiger partial charge in [0.15, 0.2) is 6.61 Å². The molecule has 1 heterocycles. The quantitative estimate of drug-likeness (QED) is 0.118. The second kappa shape index (κ2) is 16.6. The SMILES string of the molecule is CC(C)=CCC/C(C)=C/CC/C(C)=C/CC[C@@H]1[C@@]2(C)CC/C(=N\OCc3cn(-c4c(Cl)cc([N+](=O)[O-])cc4Cl)nn3)C(C)(C)[C@@H]2CC[C@@]1(C)O. The number of benzene rings is 1. The summed E-state index contributed by atoms with van der Waals surface area (Å²) in [5.74, 6) is 0.540. The molecule has 0 bridgehead atoms. The van der Waals surface area contributed by atoms with E-state index < -0.39 is 10.5 Å². The molecule has 1 aromatic carbocycles. The second-order valence-electron chi connectivity index (χ2n) is 15.7. The van der Waals surface area contributed by atoms with Crippen molar-refractivity contribution in [1.29, 1.82) is 0 Å². The van der Waals surface area contributed by atoms with E-state index >= 15 is 0 Å². The van der Waals surface area contributed by atoms with Crippen LogP contribution in [0, 0.1) is 32.8 Å². The van der Waals surface area contributed by atoms with Crippen LogP contribution in [-0.2, 0) is 11.4 Å². The van der Waals surface area contributed by atoms with Crippen LogP contribution in [0.3, 0.4) is 0 Å². The lowest BCUT2D eigenvalue weighted by Gasteiger charge is -2.61.